The normalized spacial score (nSPS) is 13.2. The van der Waals surface area contributed by atoms with Gasteiger partial charge in [0.2, 0.25) is 0 Å². The van der Waals surface area contributed by atoms with Gasteiger partial charge < -0.3 is 5.32 Å². The van der Waals surface area contributed by atoms with Crippen LogP contribution in [0.3, 0.4) is 0 Å². The maximum Gasteiger partial charge on any atom is 0.436 e. The zero-order valence-electron chi connectivity index (χ0n) is 11.8. The molecule has 0 unspecified atom stereocenters. The molecular weight excluding hydrogens is 385 g/mol. The molecule has 10 heteroatoms. The van der Waals surface area contributed by atoms with Crippen molar-refractivity contribution in [1.29, 1.82) is 0 Å². The van der Waals surface area contributed by atoms with E-state index in [0.717, 1.165) is 10.4 Å². The van der Waals surface area contributed by atoms with Gasteiger partial charge in [0.25, 0.3) is 5.91 Å². The summed E-state index contributed by atoms with van der Waals surface area (Å²) < 4.78 is 39.4. The zero-order valence-corrected chi connectivity index (χ0v) is 14.2. The standard InChI is InChI=1S/C12H12BrF3N4OS/c1-5-4-22-11(17-5)18-10(21)7(3)20-6(2)8(13)9(19-20)12(14,15)16/h4,7H,1-3H3,(H,17,18,21)/t7-/m0/s1. The molecule has 1 atom stereocenters. The minimum absolute atomic E-state index is 0.162. The Morgan fingerprint density at radius 2 is 2.09 bits per heavy atom. The van der Waals surface area contributed by atoms with Gasteiger partial charge in [-0.25, -0.2) is 4.98 Å². The van der Waals surface area contributed by atoms with E-state index < -0.39 is 23.8 Å². The van der Waals surface area contributed by atoms with Crippen molar-refractivity contribution in [1.82, 2.24) is 14.8 Å². The van der Waals surface area contributed by atoms with E-state index in [1.165, 1.54) is 25.2 Å². The topological polar surface area (TPSA) is 59.8 Å². The first kappa shape index (κ1) is 16.9. The van der Waals surface area contributed by atoms with E-state index in [4.69, 9.17) is 0 Å². The van der Waals surface area contributed by atoms with Gasteiger partial charge in [0.05, 0.1) is 15.9 Å². The molecule has 0 aliphatic carbocycles. The van der Waals surface area contributed by atoms with Crippen LogP contribution in [0.2, 0.25) is 0 Å². The number of aromatic nitrogens is 3. The number of carbonyl (C=O) groups is 1. The molecule has 0 saturated carbocycles. The van der Waals surface area contributed by atoms with Crippen LogP contribution in [0.1, 0.15) is 30.0 Å². The molecule has 1 N–H and O–H groups in total. The highest BCUT2D eigenvalue weighted by Gasteiger charge is 2.39. The van der Waals surface area contributed by atoms with Crippen LogP contribution in [0.5, 0.6) is 0 Å². The molecule has 0 aromatic carbocycles. The van der Waals surface area contributed by atoms with Gasteiger partial charge in [-0.15, -0.1) is 11.3 Å². The largest absolute Gasteiger partial charge is 0.436 e. The summed E-state index contributed by atoms with van der Waals surface area (Å²) >= 11 is 4.12. The predicted molar refractivity (Wildman–Crippen MR) is 79.9 cm³/mol. The number of alkyl halides is 3. The highest BCUT2D eigenvalue weighted by molar-refractivity contribution is 9.10. The van der Waals surface area contributed by atoms with E-state index in [9.17, 15) is 18.0 Å². The molecule has 2 heterocycles. The highest BCUT2D eigenvalue weighted by Crippen LogP contribution is 2.36. The fourth-order valence-electron chi connectivity index (χ4n) is 1.79. The van der Waals surface area contributed by atoms with E-state index in [0.29, 0.717) is 5.13 Å². The third-order valence-electron chi connectivity index (χ3n) is 2.94. The fourth-order valence-corrected chi connectivity index (χ4v) is 2.97. The van der Waals surface area contributed by atoms with Crippen molar-refractivity contribution < 1.29 is 18.0 Å². The molecule has 5 nitrogen and oxygen atoms in total. The quantitative estimate of drug-likeness (QED) is 0.854. The highest BCUT2D eigenvalue weighted by atomic mass is 79.9. The molecule has 2 aromatic rings. The summed E-state index contributed by atoms with van der Waals surface area (Å²) in [5.41, 5.74) is -0.0645. The summed E-state index contributed by atoms with van der Waals surface area (Å²) in [4.78, 5) is 16.2. The van der Waals surface area contributed by atoms with E-state index in [2.05, 4.69) is 31.3 Å². The number of amides is 1. The van der Waals surface area contributed by atoms with Crippen molar-refractivity contribution in [2.75, 3.05) is 5.32 Å². The Bertz CT molecular complexity index is 710. The molecule has 0 radical (unpaired) electrons. The molecule has 0 saturated heterocycles. The number of nitrogens with one attached hydrogen (secondary N) is 1. The van der Waals surface area contributed by atoms with E-state index in [1.54, 1.807) is 12.3 Å². The average Bonchev–Trinajstić information content (AvgIpc) is 2.93. The third kappa shape index (κ3) is 3.32. The van der Waals surface area contributed by atoms with Crippen LogP contribution in [-0.2, 0) is 11.0 Å². The van der Waals surface area contributed by atoms with Crippen LogP contribution in [0.15, 0.2) is 9.85 Å². The number of halogens is 4. The summed E-state index contributed by atoms with van der Waals surface area (Å²) in [5.74, 6) is -0.485. The average molecular weight is 397 g/mol. The number of carbonyl (C=O) groups excluding carboxylic acids is 1. The molecule has 22 heavy (non-hydrogen) atoms. The van der Waals surface area contributed by atoms with Crippen molar-refractivity contribution in [2.45, 2.75) is 33.0 Å². The van der Waals surface area contributed by atoms with Gasteiger partial charge in [0.1, 0.15) is 6.04 Å². The Labute approximate surface area is 136 Å². The number of rotatable bonds is 3. The van der Waals surface area contributed by atoms with Crippen LogP contribution in [-0.4, -0.2) is 20.7 Å². The van der Waals surface area contributed by atoms with Crippen LogP contribution < -0.4 is 5.32 Å². The first-order valence-electron chi connectivity index (χ1n) is 6.16. The summed E-state index contributed by atoms with van der Waals surface area (Å²) in [7, 11) is 0. The van der Waals surface area contributed by atoms with Gasteiger partial charge in [-0.3, -0.25) is 9.48 Å². The van der Waals surface area contributed by atoms with Gasteiger partial charge in [-0.1, -0.05) is 0 Å². The number of thiazole rings is 1. The Kier molecular flexibility index (Phi) is 4.62. The SMILES string of the molecule is Cc1csc(NC(=O)[C@H](C)n2nc(C(F)(F)F)c(Br)c2C)n1. The summed E-state index contributed by atoms with van der Waals surface area (Å²) in [5, 5.41) is 8.24. The third-order valence-corrected chi connectivity index (χ3v) is 4.77. The lowest BCUT2D eigenvalue weighted by Crippen LogP contribution is -2.25. The van der Waals surface area contributed by atoms with Gasteiger partial charge in [0.15, 0.2) is 10.8 Å². The summed E-state index contributed by atoms with van der Waals surface area (Å²) in [6, 6.07) is -0.906. The van der Waals surface area contributed by atoms with Gasteiger partial charge in [-0.05, 0) is 36.7 Å². The van der Waals surface area contributed by atoms with Crippen molar-refractivity contribution in [3.05, 3.63) is 26.9 Å². The second-order valence-corrected chi connectivity index (χ2v) is 6.30. The number of aryl methyl sites for hydroxylation is 1. The Morgan fingerprint density at radius 3 is 2.55 bits per heavy atom. The lowest BCUT2D eigenvalue weighted by atomic mass is 10.3. The second kappa shape index (κ2) is 5.99. The van der Waals surface area contributed by atoms with E-state index in [-0.39, 0.29) is 10.2 Å². The second-order valence-electron chi connectivity index (χ2n) is 4.65. The Morgan fingerprint density at radius 1 is 1.45 bits per heavy atom. The molecule has 0 fully saturated rings. The molecule has 0 aliphatic heterocycles. The molecule has 120 valence electrons. The van der Waals surface area contributed by atoms with E-state index >= 15 is 0 Å². The maximum atomic E-state index is 12.8. The number of hydrogen-bond acceptors (Lipinski definition) is 4. The minimum Gasteiger partial charge on any atom is -0.300 e. The van der Waals surface area contributed by atoms with Crippen molar-refractivity contribution in [3.8, 4) is 0 Å². The van der Waals surface area contributed by atoms with Crippen molar-refractivity contribution in [2.24, 2.45) is 0 Å². The minimum atomic E-state index is -4.59. The lowest BCUT2D eigenvalue weighted by molar-refractivity contribution is -0.142. The molecule has 1 amide bonds. The molecule has 2 aromatic heterocycles. The van der Waals surface area contributed by atoms with Crippen LogP contribution >= 0.6 is 27.3 Å². The molecule has 0 bridgehead atoms. The number of hydrogen-bond donors (Lipinski definition) is 1. The van der Waals surface area contributed by atoms with E-state index in [1.807, 2.05) is 0 Å². The first-order valence-corrected chi connectivity index (χ1v) is 7.83. The smallest absolute Gasteiger partial charge is 0.300 e. The molecular formula is C12H12BrF3N4OS. The fraction of sp³-hybridized carbons (Fsp3) is 0.417. The van der Waals surface area contributed by atoms with Gasteiger partial charge in [0, 0.05) is 5.38 Å². The predicted octanol–water partition coefficient (Wildman–Crippen LogP) is 3.94. The Hall–Kier alpha value is -1.42. The molecule has 2 rings (SSSR count). The zero-order chi connectivity index (χ0) is 16.7. The summed E-state index contributed by atoms with van der Waals surface area (Å²) in [6.07, 6.45) is -4.59. The van der Waals surface area contributed by atoms with Gasteiger partial charge in [-0.2, -0.15) is 18.3 Å². The Balaban J connectivity index is 2.25. The lowest BCUT2D eigenvalue weighted by Gasteiger charge is -2.13. The number of anilines is 1. The maximum absolute atomic E-state index is 12.8. The molecule has 0 aliphatic rings. The van der Waals surface area contributed by atoms with Crippen molar-refractivity contribution in [3.63, 3.8) is 0 Å². The number of nitrogens with zero attached hydrogens (tertiary/aromatic N) is 3. The van der Waals surface area contributed by atoms with Crippen LogP contribution in [0, 0.1) is 13.8 Å². The summed E-state index contributed by atoms with van der Waals surface area (Å²) in [6.45, 7) is 4.71. The monoisotopic (exact) mass is 396 g/mol. The van der Waals surface area contributed by atoms with Crippen LogP contribution in [0.25, 0.3) is 0 Å². The van der Waals surface area contributed by atoms with Crippen LogP contribution in [0.4, 0.5) is 18.3 Å². The van der Waals surface area contributed by atoms with Gasteiger partial charge >= 0.3 is 6.18 Å². The first-order chi connectivity index (χ1) is 10.1. The van der Waals surface area contributed by atoms with Crippen molar-refractivity contribution >= 4 is 38.3 Å². The molecule has 0 spiro atoms.